The lowest BCUT2D eigenvalue weighted by Crippen LogP contribution is -1.96. The summed E-state index contributed by atoms with van der Waals surface area (Å²) in [5.41, 5.74) is 9.52. The second-order valence-electron chi connectivity index (χ2n) is 13.6. The number of fused-ring (bicyclic) bond motifs is 12. The van der Waals surface area contributed by atoms with E-state index in [0.717, 1.165) is 11.5 Å². The van der Waals surface area contributed by atoms with Gasteiger partial charge in [-0.3, -0.25) is 4.57 Å². The first-order valence-electron chi connectivity index (χ1n) is 17.6. The Bertz CT molecular complexity index is 3320. The smallest absolute Gasteiger partial charge is 0.138 e. The normalized spacial score (nSPS) is 12.2. The molecule has 5 aromatic heterocycles. The summed E-state index contributed by atoms with van der Waals surface area (Å²) >= 11 is 1.85. The molecule has 12 aromatic rings. The number of hydrogen-bond acceptors (Lipinski definition) is 2. The van der Waals surface area contributed by atoms with Crippen LogP contribution < -0.4 is 0 Å². The second kappa shape index (κ2) is 10.4. The molecule has 0 aliphatic carbocycles. The molecule has 0 radical (unpaired) electrons. The van der Waals surface area contributed by atoms with Crippen molar-refractivity contribution >= 4 is 96.9 Å². The molecular formula is C47H28N4S. The fourth-order valence-corrected chi connectivity index (χ4v) is 9.90. The fraction of sp³-hybridized carbons (Fsp3) is 0. The van der Waals surface area contributed by atoms with Gasteiger partial charge in [0.05, 0.1) is 43.5 Å². The molecule has 0 unspecified atom stereocenters. The third-order valence-electron chi connectivity index (χ3n) is 10.9. The summed E-state index contributed by atoms with van der Waals surface area (Å²) in [6.07, 6.45) is 2.07. The molecule has 12 rings (SSSR count). The van der Waals surface area contributed by atoms with Gasteiger partial charge in [-0.25, -0.2) is 4.98 Å². The summed E-state index contributed by atoms with van der Waals surface area (Å²) < 4.78 is 9.65. The van der Waals surface area contributed by atoms with Gasteiger partial charge in [-0.05, 0) is 60.7 Å². The van der Waals surface area contributed by atoms with E-state index < -0.39 is 0 Å². The first-order valence-corrected chi connectivity index (χ1v) is 18.5. The number of para-hydroxylation sites is 5. The Kier molecular flexibility index (Phi) is 5.62. The highest BCUT2D eigenvalue weighted by Gasteiger charge is 2.20. The van der Waals surface area contributed by atoms with Crippen molar-refractivity contribution in [2.75, 3.05) is 0 Å². The zero-order valence-corrected chi connectivity index (χ0v) is 28.7. The number of hydrogen-bond donors (Lipinski definition) is 0. The van der Waals surface area contributed by atoms with Crippen LogP contribution in [0, 0.1) is 0 Å². The molecule has 0 N–H and O–H groups in total. The molecule has 0 aliphatic heterocycles. The van der Waals surface area contributed by atoms with E-state index in [9.17, 15) is 0 Å². The van der Waals surface area contributed by atoms with E-state index in [4.69, 9.17) is 4.98 Å². The number of thiophene rings is 1. The summed E-state index contributed by atoms with van der Waals surface area (Å²) in [6.45, 7) is 0. The van der Waals surface area contributed by atoms with Gasteiger partial charge < -0.3 is 9.13 Å². The minimum absolute atomic E-state index is 0.937. The number of rotatable bonds is 3. The highest BCUT2D eigenvalue weighted by atomic mass is 32.1. The van der Waals surface area contributed by atoms with Crippen molar-refractivity contribution < 1.29 is 0 Å². The number of benzene rings is 7. The third-order valence-corrected chi connectivity index (χ3v) is 12.1. The van der Waals surface area contributed by atoms with Gasteiger partial charge in [0.15, 0.2) is 0 Å². The molecule has 0 spiro atoms. The van der Waals surface area contributed by atoms with Crippen LogP contribution in [0.25, 0.3) is 103 Å². The van der Waals surface area contributed by atoms with Crippen molar-refractivity contribution in [3.63, 3.8) is 0 Å². The van der Waals surface area contributed by atoms with Crippen LogP contribution in [0.2, 0.25) is 0 Å². The van der Waals surface area contributed by atoms with E-state index in [1.807, 2.05) is 11.3 Å². The lowest BCUT2D eigenvalue weighted by molar-refractivity contribution is 1.09. The zero-order valence-electron chi connectivity index (χ0n) is 27.9. The topological polar surface area (TPSA) is 27.7 Å². The highest BCUT2D eigenvalue weighted by molar-refractivity contribution is 7.26. The van der Waals surface area contributed by atoms with Gasteiger partial charge in [0.1, 0.15) is 5.82 Å². The molecule has 5 heteroatoms. The summed E-state index contributed by atoms with van der Waals surface area (Å²) in [5, 5.41) is 9.92. The molecule has 0 saturated carbocycles. The van der Waals surface area contributed by atoms with Gasteiger partial charge in [-0.1, -0.05) is 103 Å². The summed E-state index contributed by atoms with van der Waals surface area (Å²) in [4.78, 5) is 5.10. The summed E-state index contributed by atoms with van der Waals surface area (Å²) in [6, 6.07) is 59.4. The highest BCUT2D eigenvalue weighted by Crippen LogP contribution is 2.43. The third kappa shape index (κ3) is 3.72. The predicted octanol–water partition coefficient (Wildman–Crippen LogP) is 12.7. The van der Waals surface area contributed by atoms with Crippen molar-refractivity contribution in [3.05, 3.63) is 170 Å². The van der Waals surface area contributed by atoms with E-state index in [1.54, 1.807) is 0 Å². The van der Waals surface area contributed by atoms with Crippen LogP contribution in [-0.2, 0) is 0 Å². The van der Waals surface area contributed by atoms with Crippen LogP contribution in [0.1, 0.15) is 0 Å². The first kappa shape index (κ1) is 28.1. The molecule has 0 atom stereocenters. The van der Waals surface area contributed by atoms with Crippen molar-refractivity contribution in [3.8, 4) is 17.2 Å². The molecule has 4 nitrogen and oxygen atoms in total. The molecule has 0 saturated heterocycles. The SMILES string of the molecule is c1cc(-n2c3ccccc3c3cc(-n4c5ccccc5c5ccccc54)ccc32)c2sc3cc(-n4c5ccccc5c5ccccc54)ncc3c2c1. The monoisotopic (exact) mass is 680 g/mol. The number of pyridine rings is 1. The number of nitrogens with zero attached hydrogens (tertiary/aromatic N) is 4. The van der Waals surface area contributed by atoms with Gasteiger partial charge in [0.2, 0.25) is 0 Å². The maximum absolute atomic E-state index is 5.10. The Hall–Kier alpha value is -6.69. The summed E-state index contributed by atoms with van der Waals surface area (Å²) in [5.74, 6) is 0.937. The summed E-state index contributed by atoms with van der Waals surface area (Å²) in [7, 11) is 0. The van der Waals surface area contributed by atoms with Crippen LogP contribution >= 0.6 is 11.3 Å². The van der Waals surface area contributed by atoms with Crippen LogP contribution in [0.5, 0.6) is 0 Å². The Labute approximate surface area is 301 Å². The van der Waals surface area contributed by atoms with E-state index >= 15 is 0 Å². The molecule has 5 heterocycles. The van der Waals surface area contributed by atoms with Gasteiger partial charge >= 0.3 is 0 Å². The van der Waals surface area contributed by atoms with Gasteiger partial charge in [-0.15, -0.1) is 11.3 Å². The zero-order chi connectivity index (χ0) is 33.9. The van der Waals surface area contributed by atoms with E-state index in [0.29, 0.717) is 0 Å². The molecule has 0 fully saturated rings. The molecule has 7 aromatic carbocycles. The quantitative estimate of drug-likeness (QED) is 0.182. The molecule has 242 valence electrons. The van der Waals surface area contributed by atoms with E-state index in [2.05, 4.69) is 184 Å². The van der Waals surface area contributed by atoms with Crippen LogP contribution in [0.4, 0.5) is 0 Å². The minimum Gasteiger partial charge on any atom is -0.309 e. The van der Waals surface area contributed by atoms with Crippen molar-refractivity contribution in [2.45, 2.75) is 0 Å². The maximum Gasteiger partial charge on any atom is 0.138 e. The average Bonchev–Trinajstić information content (AvgIpc) is 3.94. The molecule has 0 aliphatic rings. The molecule has 52 heavy (non-hydrogen) atoms. The lowest BCUT2D eigenvalue weighted by atomic mass is 10.1. The largest absolute Gasteiger partial charge is 0.309 e. The first-order chi connectivity index (χ1) is 25.8. The van der Waals surface area contributed by atoms with Crippen molar-refractivity contribution in [2.24, 2.45) is 0 Å². The Morgan fingerprint density at radius 1 is 0.365 bits per heavy atom. The predicted molar refractivity (Wildman–Crippen MR) is 220 cm³/mol. The van der Waals surface area contributed by atoms with Crippen LogP contribution in [0.3, 0.4) is 0 Å². The Morgan fingerprint density at radius 3 is 1.44 bits per heavy atom. The fourth-order valence-electron chi connectivity index (χ4n) is 8.70. The van der Waals surface area contributed by atoms with Crippen LogP contribution in [0.15, 0.2) is 170 Å². The molecule has 0 bridgehead atoms. The van der Waals surface area contributed by atoms with Gasteiger partial charge in [0, 0.05) is 59.7 Å². The Balaban J connectivity index is 1.09. The van der Waals surface area contributed by atoms with Crippen molar-refractivity contribution in [1.29, 1.82) is 0 Å². The average molecular weight is 681 g/mol. The van der Waals surface area contributed by atoms with Gasteiger partial charge in [0.25, 0.3) is 0 Å². The minimum atomic E-state index is 0.937. The standard InChI is InChI=1S/C47H28N4S/c1-6-18-38-30(12-1)31-13-2-7-19-39(31)49(38)29-24-25-43-36(26-29)34-16-5-8-20-40(34)50(43)44-23-11-17-35-37-28-48-46(27-45(37)52-47(35)44)51-41-21-9-3-14-32(41)33-15-4-10-22-42(33)51/h1-28H. The van der Waals surface area contributed by atoms with E-state index in [-0.39, 0.29) is 0 Å². The Morgan fingerprint density at radius 2 is 0.846 bits per heavy atom. The number of aromatic nitrogens is 4. The van der Waals surface area contributed by atoms with Crippen molar-refractivity contribution in [1.82, 2.24) is 18.7 Å². The maximum atomic E-state index is 5.10. The molecule has 0 amide bonds. The van der Waals surface area contributed by atoms with Crippen LogP contribution in [-0.4, -0.2) is 18.7 Å². The second-order valence-corrected chi connectivity index (χ2v) is 14.6. The van der Waals surface area contributed by atoms with Gasteiger partial charge in [-0.2, -0.15) is 0 Å². The lowest BCUT2D eigenvalue weighted by Gasteiger charge is -2.11. The van der Waals surface area contributed by atoms with E-state index in [1.165, 1.54) is 91.3 Å². The molecular weight excluding hydrogens is 653 g/mol.